The molecule has 1 aliphatic carbocycles. The van der Waals surface area contributed by atoms with Crippen molar-refractivity contribution in [2.45, 2.75) is 25.9 Å². The average molecular weight is 248 g/mol. The van der Waals surface area contributed by atoms with Gasteiger partial charge in [-0.1, -0.05) is 50.8 Å². The van der Waals surface area contributed by atoms with Crippen LogP contribution in [0.1, 0.15) is 25.3 Å². The van der Waals surface area contributed by atoms with Gasteiger partial charge in [-0.3, -0.25) is 0 Å². The Morgan fingerprint density at radius 1 is 1.22 bits per heavy atom. The summed E-state index contributed by atoms with van der Waals surface area (Å²) in [6.45, 7) is 8.03. The number of hydrogen-bond donors (Lipinski definition) is 1. The van der Waals surface area contributed by atoms with Gasteiger partial charge < -0.3 is 5.11 Å². The number of aliphatic hydroxyl groups excluding tert-OH is 1. The summed E-state index contributed by atoms with van der Waals surface area (Å²) in [6.07, 6.45) is -1.06. The van der Waals surface area contributed by atoms with E-state index < -0.39 is 6.17 Å². The van der Waals surface area contributed by atoms with Crippen LogP contribution in [0.25, 0.3) is 0 Å². The molecular formula is C16H21FO. The molecule has 0 aliphatic heterocycles. The van der Waals surface area contributed by atoms with Crippen molar-refractivity contribution >= 4 is 0 Å². The number of rotatable bonds is 2. The van der Waals surface area contributed by atoms with Crippen LogP contribution in [-0.2, 0) is 0 Å². The van der Waals surface area contributed by atoms with Gasteiger partial charge in [0.15, 0.2) is 0 Å². The summed E-state index contributed by atoms with van der Waals surface area (Å²) in [5, 5.41) is 9.62. The first-order valence-corrected chi connectivity index (χ1v) is 6.56. The molecule has 98 valence electrons. The van der Waals surface area contributed by atoms with Crippen molar-refractivity contribution < 1.29 is 9.50 Å². The van der Waals surface area contributed by atoms with Crippen molar-refractivity contribution in [3.63, 3.8) is 0 Å². The first-order valence-electron chi connectivity index (χ1n) is 6.56. The van der Waals surface area contributed by atoms with Crippen LogP contribution in [0.2, 0.25) is 0 Å². The van der Waals surface area contributed by atoms with Crippen LogP contribution < -0.4 is 0 Å². The Labute approximate surface area is 108 Å². The van der Waals surface area contributed by atoms with Gasteiger partial charge >= 0.3 is 0 Å². The third kappa shape index (κ3) is 2.10. The minimum absolute atomic E-state index is 0.0266. The van der Waals surface area contributed by atoms with Crippen molar-refractivity contribution in [1.82, 2.24) is 0 Å². The van der Waals surface area contributed by atoms with Gasteiger partial charge in [0.25, 0.3) is 0 Å². The lowest BCUT2D eigenvalue weighted by molar-refractivity contribution is 0.0726. The van der Waals surface area contributed by atoms with E-state index in [0.717, 1.165) is 5.56 Å². The summed E-state index contributed by atoms with van der Waals surface area (Å²) in [5.41, 5.74) is 1.63. The molecule has 1 fully saturated rings. The van der Waals surface area contributed by atoms with Gasteiger partial charge in [-0.05, 0) is 28.9 Å². The monoisotopic (exact) mass is 248 g/mol. The lowest BCUT2D eigenvalue weighted by Gasteiger charge is -2.43. The molecule has 1 nitrogen and oxygen atoms in total. The molecule has 0 spiro atoms. The summed E-state index contributed by atoms with van der Waals surface area (Å²) >= 11 is 0. The molecule has 0 amide bonds. The zero-order valence-corrected chi connectivity index (χ0v) is 11.0. The molecule has 0 unspecified atom stereocenters. The van der Waals surface area contributed by atoms with Crippen LogP contribution in [0.15, 0.2) is 42.5 Å². The Bertz CT molecular complexity index is 414. The maximum absolute atomic E-state index is 14.6. The number of aliphatic hydroxyl groups is 1. The van der Waals surface area contributed by atoms with Crippen molar-refractivity contribution in [1.29, 1.82) is 0 Å². The van der Waals surface area contributed by atoms with Gasteiger partial charge in [0.05, 0.1) is 0 Å². The molecule has 0 aromatic heterocycles. The molecule has 1 aliphatic rings. The Morgan fingerprint density at radius 3 is 2.39 bits per heavy atom. The third-order valence-electron chi connectivity index (χ3n) is 4.57. The Hall–Kier alpha value is -1.15. The highest BCUT2D eigenvalue weighted by molar-refractivity contribution is 5.29. The summed E-state index contributed by atoms with van der Waals surface area (Å²) in [5.74, 6) is 0.0645. The first-order chi connectivity index (χ1) is 8.57. The molecule has 2 rings (SSSR count). The summed E-state index contributed by atoms with van der Waals surface area (Å²) < 4.78 is 14.6. The Morgan fingerprint density at radius 2 is 1.83 bits per heavy atom. The van der Waals surface area contributed by atoms with E-state index in [2.05, 4.69) is 13.5 Å². The van der Waals surface area contributed by atoms with Gasteiger partial charge in [0.2, 0.25) is 0 Å². The topological polar surface area (TPSA) is 20.2 Å². The molecule has 1 aromatic carbocycles. The van der Waals surface area contributed by atoms with E-state index in [1.54, 1.807) is 0 Å². The maximum atomic E-state index is 14.6. The van der Waals surface area contributed by atoms with Crippen molar-refractivity contribution in [3.8, 4) is 0 Å². The lowest BCUT2D eigenvalue weighted by Crippen LogP contribution is -2.41. The van der Waals surface area contributed by atoms with Crippen LogP contribution in [0, 0.1) is 17.8 Å². The van der Waals surface area contributed by atoms with Gasteiger partial charge in [-0.2, -0.15) is 0 Å². The lowest BCUT2D eigenvalue weighted by atomic mass is 9.63. The van der Waals surface area contributed by atoms with E-state index in [0.29, 0.717) is 5.57 Å². The molecule has 0 bridgehead atoms. The van der Waals surface area contributed by atoms with Crippen molar-refractivity contribution in [2.75, 3.05) is 6.61 Å². The zero-order chi connectivity index (χ0) is 13.3. The summed E-state index contributed by atoms with van der Waals surface area (Å²) in [6, 6.07) is 9.64. The largest absolute Gasteiger partial charge is 0.396 e. The fourth-order valence-electron chi connectivity index (χ4n) is 3.11. The molecule has 5 atom stereocenters. The van der Waals surface area contributed by atoms with Crippen molar-refractivity contribution in [3.05, 3.63) is 48.0 Å². The Balaban J connectivity index is 2.39. The highest BCUT2D eigenvalue weighted by Crippen LogP contribution is 2.47. The molecule has 0 heterocycles. The van der Waals surface area contributed by atoms with Crippen LogP contribution in [0.3, 0.4) is 0 Å². The summed E-state index contributed by atoms with van der Waals surface area (Å²) in [4.78, 5) is 0. The zero-order valence-electron chi connectivity index (χ0n) is 11.0. The number of hydrogen-bond acceptors (Lipinski definition) is 1. The van der Waals surface area contributed by atoms with Crippen LogP contribution in [0.4, 0.5) is 4.39 Å². The number of halogens is 1. The Kier molecular flexibility index (Phi) is 3.86. The smallest absolute Gasteiger partial charge is 0.128 e. The number of alkyl halides is 1. The van der Waals surface area contributed by atoms with E-state index >= 15 is 0 Å². The number of allylic oxidation sites excluding steroid dienone is 1. The maximum Gasteiger partial charge on any atom is 0.128 e. The molecule has 1 saturated carbocycles. The fraction of sp³-hybridized carbons (Fsp3) is 0.500. The minimum atomic E-state index is -1.06. The second-order valence-electron chi connectivity index (χ2n) is 5.41. The van der Waals surface area contributed by atoms with E-state index in [4.69, 9.17) is 0 Å². The van der Waals surface area contributed by atoms with Gasteiger partial charge in [0, 0.05) is 12.5 Å². The molecular weight excluding hydrogens is 227 g/mol. The van der Waals surface area contributed by atoms with E-state index in [9.17, 15) is 9.50 Å². The predicted molar refractivity (Wildman–Crippen MR) is 72.1 cm³/mol. The third-order valence-corrected chi connectivity index (χ3v) is 4.57. The second kappa shape index (κ2) is 5.23. The standard InChI is InChI=1S/C16H21FO/c1-10-11(2)14(9-18)15(16(17)12(10)3)13-7-5-4-6-8-13/h4-8,10-11,14-16,18H,3,9H2,1-2H3/t10-,11+,14-,15+,16-/m0/s1. The highest BCUT2D eigenvalue weighted by Gasteiger charge is 2.43. The van der Waals surface area contributed by atoms with Crippen LogP contribution >= 0.6 is 0 Å². The molecule has 2 heteroatoms. The quantitative estimate of drug-likeness (QED) is 0.793. The average Bonchev–Trinajstić information content (AvgIpc) is 2.41. The molecule has 0 saturated heterocycles. The highest BCUT2D eigenvalue weighted by atomic mass is 19.1. The predicted octanol–water partition coefficient (Wildman–Crippen LogP) is 3.56. The van der Waals surface area contributed by atoms with Gasteiger partial charge in [0.1, 0.15) is 6.17 Å². The van der Waals surface area contributed by atoms with E-state index in [-0.39, 0.29) is 30.3 Å². The van der Waals surface area contributed by atoms with E-state index in [1.807, 2.05) is 37.3 Å². The number of benzene rings is 1. The van der Waals surface area contributed by atoms with Gasteiger partial charge in [-0.15, -0.1) is 0 Å². The minimum Gasteiger partial charge on any atom is -0.396 e. The normalized spacial score (nSPS) is 36.7. The molecule has 1 N–H and O–H groups in total. The SMILES string of the molecule is C=C1[C@@H](C)[C@@H](C)[C@H](CO)[C@@H](c2ccccc2)[C@H]1F. The molecule has 1 aromatic rings. The first kappa shape index (κ1) is 13.3. The fourth-order valence-corrected chi connectivity index (χ4v) is 3.11. The van der Waals surface area contributed by atoms with Crippen LogP contribution in [-0.4, -0.2) is 17.9 Å². The summed E-state index contributed by atoms with van der Waals surface area (Å²) in [7, 11) is 0. The van der Waals surface area contributed by atoms with Crippen molar-refractivity contribution in [2.24, 2.45) is 17.8 Å². The molecule has 0 radical (unpaired) electrons. The second-order valence-corrected chi connectivity index (χ2v) is 5.41. The van der Waals surface area contributed by atoms with Gasteiger partial charge in [-0.25, -0.2) is 4.39 Å². The van der Waals surface area contributed by atoms with E-state index in [1.165, 1.54) is 0 Å². The molecule has 18 heavy (non-hydrogen) atoms. The van der Waals surface area contributed by atoms with Crippen LogP contribution in [0.5, 0.6) is 0 Å².